The number of aromatic nitrogens is 1. The normalized spacial score (nSPS) is 17.1. The maximum atomic E-state index is 12.2. The van der Waals surface area contributed by atoms with Gasteiger partial charge in [-0.15, -0.1) is 0 Å². The van der Waals surface area contributed by atoms with Gasteiger partial charge in [0, 0.05) is 10.2 Å². The molecule has 5 nitrogen and oxygen atoms in total. The average Bonchev–Trinajstić information content (AvgIpc) is 2.37. The second kappa shape index (κ2) is 4.79. The van der Waals surface area contributed by atoms with Crippen LogP contribution in [0.3, 0.4) is 0 Å². The van der Waals surface area contributed by atoms with E-state index in [1.54, 1.807) is 13.0 Å². The Bertz CT molecular complexity index is 737. The van der Waals surface area contributed by atoms with Crippen molar-refractivity contribution < 1.29 is 4.79 Å². The lowest BCUT2D eigenvalue weighted by Gasteiger charge is -2.27. The van der Waals surface area contributed by atoms with Crippen molar-refractivity contribution in [3.05, 3.63) is 62.0 Å². The number of pyridine rings is 1. The molecule has 3 rings (SSSR count). The number of amides is 2. The van der Waals surface area contributed by atoms with Gasteiger partial charge in [0.25, 0.3) is 5.56 Å². The monoisotopic (exact) mass is 333 g/mol. The van der Waals surface area contributed by atoms with Gasteiger partial charge in [-0.2, -0.15) is 0 Å². The Kier molecular flexibility index (Phi) is 3.10. The van der Waals surface area contributed by atoms with Crippen LogP contribution in [0.1, 0.15) is 22.9 Å². The van der Waals surface area contributed by atoms with E-state index in [2.05, 4.69) is 31.5 Å². The van der Waals surface area contributed by atoms with Crippen molar-refractivity contribution in [1.29, 1.82) is 0 Å². The van der Waals surface area contributed by atoms with Crippen molar-refractivity contribution in [3.8, 4) is 0 Å². The molecule has 0 aliphatic carbocycles. The molecule has 1 aromatic heterocycles. The summed E-state index contributed by atoms with van der Waals surface area (Å²) in [5.41, 5.74) is 2.46. The van der Waals surface area contributed by atoms with E-state index in [0.29, 0.717) is 16.9 Å². The van der Waals surface area contributed by atoms with E-state index < -0.39 is 6.04 Å². The van der Waals surface area contributed by atoms with Gasteiger partial charge in [-0.1, -0.05) is 28.1 Å². The summed E-state index contributed by atoms with van der Waals surface area (Å²) in [4.78, 5) is 26.7. The van der Waals surface area contributed by atoms with E-state index in [0.717, 1.165) is 10.0 Å². The third-order valence-corrected chi connectivity index (χ3v) is 3.75. The van der Waals surface area contributed by atoms with Gasteiger partial charge >= 0.3 is 6.03 Å². The smallest absolute Gasteiger partial charge is 0.320 e. The van der Waals surface area contributed by atoms with Crippen LogP contribution in [0, 0.1) is 6.92 Å². The van der Waals surface area contributed by atoms with Gasteiger partial charge in [-0.05, 0) is 30.7 Å². The van der Waals surface area contributed by atoms with Crippen LogP contribution in [0.5, 0.6) is 0 Å². The molecular weight excluding hydrogens is 322 g/mol. The van der Waals surface area contributed by atoms with Crippen LogP contribution in [0.4, 0.5) is 10.5 Å². The predicted octanol–water partition coefficient (Wildman–Crippen LogP) is 2.67. The summed E-state index contributed by atoms with van der Waals surface area (Å²) in [7, 11) is 0. The zero-order valence-electron chi connectivity index (χ0n) is 10.7. The summed E-state index contributed by atoms with van der Waals surface area (Å²) in [5, 5.41) is 5.46. The number of nitrogens with one attached hydrogen (secondary N) is 3. The molecule has 0 radical (unpaired) electrons. The van der Waals surface area contributed by atoms with Gasteiger partial charge in [-0.3, -0.25) is 4.79 Å². The number of halogens is 1. The highest BCUT2D eigenvalue weighted by atomic mass is 79.9. The fraction of sp³-hybridized carbons (Fsp3) is 0.143. The van der Waals surface area contributed by atoms with Gasteiger partial charge in [0.2, 0.25) is 0 Å². The number of carbonyl (C=O) groups excluding carboxylic acids is 1. The van der Waals surface area contributed by atoms with Crippen LogP contribution in [-0.2, 0) is 0 Å². The lowest BCUT2D eigenvalue weighted by molar-refractivity contribution is 0.249. The minimum Gasteiger partial charge on any atom is -0.327 e. The molecule has 1 unspecified atom stereocenters. The van der Waals surface area contributed by atoms with Gasteiger partial charge in [0.15, 0.2) is 0 Å². The number of aryl methyl sites for hydroxylation is 1. The molecule has 0 saturated carbocycles. The topological polar surface area (TPSA) is 74.0 Å². The summed E-state index contributed by atoms with van der Waals surface area (Å²) in [5.74, 6) is 0. The van der Waals surface area contributed by atoms with E-state index in [1.165, 1.54) is 0 Å². The molecule has 0 spiro atoms. The Morgan fingerprint density at radius 3 is 2.55 bits per heavy atom. The molecule has 1 aromatic carbocycles. The molecule has 0 bridgehead atoms. The molecule has 2 heterocycles. The summed E-state index contributed by atoms with van der Waals surface area (Å²) < 4.78 is 0.944. The van der Waals surface area contributed by atoms with Crippen LogP contribution in [-0.4, -0.2) is 11.0 Å². The van der Waals surface area contributed by atoms with Crippen LogP contribution in [0.25, 0.3) is 0 Å². The fourth-order valence-electron chi connectivity index (χ4n) is 2.36. The van der Waals surface area contributed by atoms with E-state index in [4.69, 9.17) is 0 Å². The molecule has 1 aliphatic heterocycles. The average molecular weight is 334 g/mol. The van der Waals surface area contributed by atoms with E-state index >= 15 is 0 Å². The van der Waals surface area contributed by atoms with Crippen LogP contribution in [0.15, 0.2) is 39.6 Å². The Morgan fingerprint density at radius 2 is 1.85 bits per heavy atom. The van der Waals surface area contributed by atoms with Gasteiger partial charge in [0.1, 0.15) is 0 Å². The second-order valence-electron chi connectivity index (χ2n) is 4.69. The SMILES string of the molecule is Cc1cc2c(c(=O)[nH]1)C(c1ccc(Br)cc1)NC(=O)N2. The maximum Gasteiger partial charge on any atom is 0.320 e. The molecule has 1 atom stereocenters. The largest absolute Gasteiger partial charge is 0.327 e. The molecule has 2 aromatic rings. The van der Waals surface area contributed by atoms with Gasteiger partial charge in [0.05, 0.1) is 17.3 Å². The number of H-pyrrole nitrogens is 1. The standard InChI is InChI=1S/C14H12BrN3O2/c1-7-6-10-11(13(19)16-7)12(18-14(20)17-10)8-2-4-9(15)5-3-8/h2-6,12H,1H3,(H,16,19)(H2,17,18,20). The van der Waals surface area contributed by atoms with Crippen LogP contribution >= 0.6 is 15.9 Å². The molecule has 6 heteroatoms. The number of fused-ring (bicyclic) bond motifs is 1. The van der Waals surface area contributed by atoms with Crippen molar-refractivity contribution in [1.82, 2.24) is 10.3 Å². The van der Waals surface area contributed by atoms with Crippen LogP contribution < -0.4 is 16.2 Å². The molecule has 1 aliphatic rings. The molecule has 0 fully saturated rings. The fourth-order valence-corrected chi connectivity index (χ4v) is 2.62. The maximum absolute atomic E-state index is 12.2. The highest BCUT2D eigenvalue weighted by Gasteiger charge is 2.28. The Hall–Kier alpha value is -2.08. The second-order valence-corrected chi connectivity index (χ2v) is 5.61. The predicted molar refractivity (Wildman–Crippen MR) is 79.9 cm³/mol. The van der Waals surface area contributed by atoms with Gasteiger partial charge < -0.3 is 15.6 Å². The number of aromatic amines is 1. The molecule has 3 N–H and O–H groups in total. The highest BCUT2D eigenvalue weighted by molar-refractivity contribution is 9.10. The third-order valence-electron chi connectivity index (χ3n) is 3.22. The van der Waals surface area contributed by atoms with Crippen molar-refractivity contribution in [2.45, 2.75) is 13.0 Å². The summed E-state index contributed by atoms with van der Waals surface area (Å²) in [6, 6.07) is 8.53. The number of urea groups is 1. The first-order valence-corrected chi connectivity index (χ1v) is 6.90. The summed E-state index contributed by atoms with van der Waals surface area (Å²) in [6.45, 7) is 1.78. The number of hydrogen-bond acceptors (Lipinski definition) is 2. The zero-order chi connectivity index (χ0) is 14.3. The third kappa shape index (κ3) is 2.22. The van der Waals surface area contributed by atoms with E-state index in [-0.39, 0.29) is 11.6 Å². The van der Waals surface area contributed by atoms with Crippen molar-refractivity contribution in [2.75, 3.05) is 5.32 Å². The van der Waals surface area contributed by atoms with Crippen molar-refractivity contribution >= 4 is 27.6 Å². The first-order chi connectivity index (χ1) is 9.54. The quantitative estimate of drug-likeness (QED) is 0.750. The zero-order valence-corrected chi connectivity index (χ0v) is 12.2. The van der Waals surface area contributed by atoms with E-state index in [9.17, 15) is 9.59 Å². The number of carbonyl (C=O) groups is 1. The summed E-state index contributed by atoms with van der Waals surface area (Å²) >= 11 is 3.37. The first kappa shape index (κ1) is 12.9. The van der Waals surface area contributed by atoms with Gasteiger partial charge in [-0.25, -0.2) is 4.79 Å². The molecule has 0 saturated heterocycles. The number of hydrogen-bond donors (Lipinski definition) is 3. The molecular formula is C14H12BrN3O2. The Labute approximate surface area is 123 Å². The number of rotatable bonds is 1. The molecule has 20 heavy (non-hydrogen) atoms. The lowest BCUT2D eigenvalue weighted by atomic mass is 9.96. The minimum absolute atomic E-state index is 0.194. The minimum atomic E-state index is -0.448. The molecule has 2 amide bonds. The number of anilines is 1. The Balaban J connectivity index is 2.17. The summed E-state index contributed by atoms with van der Waals surface area (Å²) in [6.07, 6.45) is 0. The Morgan fingerprint density at radius 1 is 1.15 bits per heavy atom. The lowest BCUT2D eigenvalue weighted by Crippen LogP contribution is -2.41. The van der Waals surface area contributed by atoms with Crippen molar-refractivity contribution in [2.24, 2.45) is 0 Å². The first-order valence-electron chi connectivity index (χ1n) is 6.11. The van der Waals surface area contributed by atoms with E-state index in [1.807, 2.05) is 24.3 Å². The van der Waals surface area contributed by atoms with Crippen LogP contribution in [0.2, 0.25) is 0 Å². The molecule has 102 valence electrons. The highest BCUT2D eigenvalue weighted by Crippen LogP contribution is 2.29. The number of benzene rings is 1. The van der Waals surface area contributed by atoms with Crippen molar-refractivity contribution in [3.63, 3.8) is 0 Å².